The van der Waals surface area contributed by atoms with Crippen molar-refractivity contribution in [3.63, 3.8) is 0 Å². The van der Waals surface area contributed by atoms with Gasteiger partial charge >= 0.3 is 5.97 Å². The molecule has 1 saturated heterocycles. The summed E-state index contributed by atoms with van der Waals surface area (Å²) in [5, 5.41) is 1.56. The topological polar surface area (TPSA) is 72.5 Å². The number of carbonyl (C=O) groups is 3. The molecule has 0 bridgehead atoms. The number of benzene rings is 1. The van der Waals surface area contributed by atoms with Crippen LogP contribution in [0, 0.1) is 0 Å². The molecule has 1 aromatic rings. The standard InChI is InChI=1S/C12H11NO4S/c1-7(14)17-9-4-2-8(3-5-9)6-10-11(15)13-12(16)18-10/h2-5,10H,6H2,1H3,(H,13,15,16). The van der Waals surface area contributed by atoms with E-state index >= 15 is 0 Å². The number of imide groups is 1. The van der Waals surface area contributed by atoms with Gasteiger partial charge in [-0.25, -0.2) is 0 Å². The van der Waals surface area contributed by atoms with Gasteiger partial charge in [-0.1, -0.05) is 23.9 Å². The molecule has 1 N–H and O–H groups in total. The molecular formula is C12H11NO4S. The zero-order chi connectivity index (χ0) is 13.1. The van der Waals surface area contributed by atoms with E-state index in [1.807, 2.05) is 0 Å². The van der Waals surface area contributed by atoms with Gasteiger partial charge in [-0.15, -0.1) is 0 Å². The average molecular weight is 265 g/mol. The minimum atomic E-state index is -0.378. The van der Waals surface area contributed by atoms with Gasteiger partial charge in [0.25, 0.3) is 5.24 Å². The van der Waals surface area contributed by atoms with Crippen LogP contribution in [0.15, 0.2) is 24.3 Å². The Morgan fingerprint density at radius 3 is 2.50 bits per heavy atom. The van der Waals surface area contributed by atoms with Crippen LogP contribution in [-0.4, -0.2) is 22.4 Å². The second-order valence-electron chi connectivity index (χ2n) is 3.82. The first-order valence-corrected chi connectivity index (χ1v) is 6.21. The SMILES string of the molecule is CC(=O)Oc1ccc(CC2SC(=O)NC2=O)cc1. The van der Waals surface area contributed by atoms with Gasteiger partial charge in [0.05, 0.1) is 5.25 Å². The summed E-state index contributed by atoms with van der Waals surface area (Å²) in [4.78, 5) is 33.1. The normalized spacial score (nSPS) is 18.6. The second-order valence-corrected chi connectivity index (χ2v) is 5.00. The van der Waals surface area contributed by atoms with E-state index in [1.165, 1.54) is 6.92 Å². The minimum absolute atomic E-state index is 0.255. The van der Waals surface area contributed by atoms with E-state index in [9.17, 15) is 14.4 Å². The first-order valence-electron chi connectivity index (χ1n) is 5.33. The average Bonchev–Trinajstić information content (AvgIpc) is 2.59. The lowest BCUT2D eigenvalue weighted by Gasteiger charge is -2.06. The van der Waals surface area contributed by atoms with Crippen molar-refractivity contribution in [2.75, 3.05) is 0 Å². The maximum Gasteiger partial charge on any atom is 0.308 e. The third kappa shape index (κ3) is 3.10. The lowest BCUT2D eigenvalue weighted by molar-refractivity contribution is -0.131. The van der Waals surface area contributed by atoms with E-state index in [0.717, 1.165) is 17.3 Å². The quantitative estimate of drug-likeness (QED) is 0.662. The Bertz CT molecular complexity index is 497. The van der Waals surface area contributed by atoms with Crippen molar-refractivity contribution in [1.29, 1.82) is 0 Å². The van der Waals surface area contributed by atoms with Crippen LogP contribution in [0.25, 0.3) is 0 Å². The van der Waals surface area contributed by atoms with Crippen molar-refractivity contribution in [2.24, 2.45) is 0 Å². The lowest BCUT2D eigenvalue weighted by atomic mass is 10.1. The highest BCUT2D eigenvalue weighted by Gasteiger charge is 2.31. The molecule has 1 unspecified atom stereocenters. The molecule has 1 atom stereocenters. The van der Waals surface area contributed by atoms with Gasteiger partial charge in [0.1, 0.15) is 5.75 Å². The molecule has 0 aromatic heterocycles. The van der Waals surface area contributed by atoms with Crippen LogP contribution in [0.1, 0.15) is 12.5 Å². The largest absolute Gasteiger partial charge is 0.427 e. The van der Waals surface area contributed by atoms with Crippen LogP contribution in [0.3, 0.4) is 0 Å². The number of thioether (sulfide) groups is 1. The number of carbonyl (C=O) groups excluding carboxylic acids is 3. The fraction of sp³-hybridized carbons (Fsp3) is 0.250. The number of amides is 2. The molecule has 5 nitrogen and oxygen atoms in total. The summed E-state index contributed by atoms with van der Waals surface area (Å²) in [5.41, 5.74) is 0.910. The molecule has 0 aliphatic carbocycles. The zero-order valence-corrected chi connectivity index (χ0v) is 10.5. The maximum atomic E-state index is 11.4. The molecule has 0 radical (unpaired) electrons. The van der Waals surface area contributed by atoms with Gasteiger partial charge in [-0.3, -0.25) is 19.7 Å². The van der Waals surface area contributed by atoms with Gasteiger partial charge in [0.15, 0.2) is 0 Å². The minimum Gasteiger partial charge on any atom is -0.427 e. The Balaban J connectivity index is 2.00. The monoisotopic (exact) mass is 265 g/mol. The third-order valence-electron chi connectivity index (χ3n) is 2.37. The van der Waals surface area contributed by atoms with E-state index in [0.29, 0.717) is 12.2 Å². The summed E-state index contributed by atoms with van der Waals surface area (Å²) in [5.74, 6) is -0.168. The van der Waals surface area contributed by atoms with Crippen molar-refractivity contribution in [3.8, 4) is 5.75 Å². The van der Waals surface area contributed by atoms with E-state index in [1.54, 1.807) is 24.3 Å². The van der Waals surface area contributed by atoms with E-state index in [4.69, 9.17) is 4.74 Å². The molecule has 0 spiro atoms. The number of hydrogen-bond donors (Lipinski definition) is 1. The van der Waals surface area contributed by atoms with Crippen molar-refractivity contribution in [2.45, 2.75) is 18.6 Å². The summed E-state index contributed by atoms with van der Waals surface area (Å²) in [6.45, 7) is 1.33. The molecule has 1 aromatic carbocycles. The maximum absolute atomic E-state index is 11.4. The second kappa shape index (κ2) is 5.22. The predicted molar refractivity (Wildman–Crippen MR) is 66.4 cm³/mol. The summed E-state index contributed by atoms with van der Waals surface area (Å²) in [6, 6.07) is 6.87. The lowest BCUT2D eigenvalue weighted by Crippen LogP contribution is -2.25. The number of esters is 1. The van der Waals surface area contributed by atoms with E-state index in [-0.39, 0.29) is 22.4 Å². The Kier molecular flexibility index (Phi) is 3.66. The highest BCUT2D eigenvalue weighted by atomic mass is 32.2. The van der Waals surface area contributed by atoms with Gasteiger partial charge in [-0.2, -0.15) is 0 Å². The number of ether oxygens (including phenoxy) is 1. The smallest absolute Gasteiger partial charge is 0.308 e. The Morgan fingerprint density at radius 2 is 2.00 bits per heavy atom. The molecule has 1 aliphatic heterocycles. The molecule has 1 heterocycles. The van der Waals surface area contributed by atoms with Gasteiger partial charge < -0.3 is 4.74 Å². The van der Waals surface area contributed by atoms with Crippen molar-refractivity contribution in [3.05, 3.63) is 29.8 Å². The first kappa shape index (κ1) is 12.6. The molecule has 18 heavy (non-hydrogen) atoms. The number of hydrogen-bond acceptors (Lipinski definition) is 5. The van der Waals surface area contributed by atoms with E-state index in [2.05, 4.69) is 5.32 Å². The Labute approximate surface area is 108 Å². The molecule has 0 saturated carbocycles. The molecule has 2 rings (SSSR count). The van der Waals surface area contributed by atoms with E-state index < -0.39 is 0 Å². The Hall–Kier alpha value is -1.82. The fourth-order valence-electron chi connectivity index (χ4n) is 1.60. The van der Waals surface area contributed by atoms with Crippen LogP contribution < -0.4 is 10.1 Å². The van der Waals surface area contributed by atoms with Crippen molar-refractivity contribution < 1.29 is 19.1 Å². The van der Waals surface area contributed by atoms with Crippen molar-refractivity contribution in [1.82, 2.24) is 5.32 Å². The third-order valence-corrected chi connectivity index (χ3v) is 3.35. The van der Waals surface area contributed by atoms with Gasteiger partial charge in [-0.05, 0) is 24.1 Å². The summed E-state index contributed by atoms with van der Waals surface area (Å²) in [7, 11) is 0. The molecule has 6 heteroatoms. The first-order chi connectivity index (χ1) is 8.54. The summed E-state index contributed by atoms with van der Waals surface area (Å²) >= 11 is 0.998. The van der Waals surface area contributed by atoms with Crippen molar-refractivity contribution >= 4 is 28.9 Å². The van der Waals surface area contributed by atoms with Gasteiger partial charge in [0, 0.05) is 6.92 Å². The summed E-state index contributed by atoms with van der Waals surface area (Å²) < 4.78 is 4.90. The predicted octanol–water partition coefficient (Wildman–Crippen LogP) is 1.51. The fourth-order valence-corrected chi connectivity index (χ4v) is 2.46. The van der Waals surface area contributed by atoms with Gasteiger partial charge in [0.2, 0.25) is 5.91 Å². The number of rotatable bonds is 3. The van der Waals surface area contributed by atoms with Crippen LogP contribution in [0.5, 0.6) is 5.75 Å². The molecule has 2 amide bonds. The highest BCUT2D eigenvalue weighted by Crippen LogP contribution is 2.23. The number of nitrogens with one attached hydrogen (secondary N) is 1. The highest BCUT2D eigenvalue weighted by molar-refractivity contribution is 8.15. The summed E-state index contributed by atoms with van der Waals surface area (Å²) in [6.07, 6.45) is 0.475. The molecule has 1 fully saturated rings. The molecule has 1 aliphatic rings. The van der Waals surface area contributed by atoms with Crippen LogP contribution in [-0.2, 0) is 16.0 Å². The Morgan fingerprint density at radius 1 is 1.33 bits per heavy atom. The molecular weight excluding hydrogens is 254 g/mol. The van der Waals surface area contributed by atoms with Crippen LogP contribution in [0.4, 0.5) is 4.79 Å². The van der Waals surface area contributed by atoms with Crippen LogP contribution >= 0.6 is 11.8 Å². The molecule has 94 valence electrons. The van der Waals surface area contributed by atoms with Crippen LogP contribution in [0.2, 0.25) is 0 Å². The zero-order valence-electron chi connectivity index (χ0n) is 9.64.